The Kier molecular flexibility index (Phi) is 3.41. The fraction of sp³-hybridized carbons (Fsp3) is 0. The summed E-state index contributed by atoms with van der Waals surface area (Å²) in [6.45, 7) is 0. The summed E-state index contributed by atoms with van der Waals surface area (Å²) in [6.07, 6.45) is 0. The number of halogens is 4. The van der Waals surface area contributed by atoms with E-state index in [1.807, 2.05) is 0 Å². The molecule has 0 atom stereocenters. The van der Waals surface area contributed by atoms with E-state index in [1.54, 1.807) is 0 Å². The van der Waals surface area contributed by atoms with Crippen LogP contribution < -0.4 is 5.73 Å². The van der Waals surface area contributed by atoms with Crippen molar-refractivity contribution in [2.45, 2.75) is 4.90 Å². The van der Waals surface area contributed by atoms with E-state index in [4.69, 9.17) is 28.0 Å². The third-order valence-electron chi connectivity index (χ3n) is 1.63. The topological polar surface area (TPSA) is 77.2 Å². The third-order valence-corrected chi connectivity index (χ3v) is 3.46. The number of carbonyl (C=O) groups excluding carboxylic acids is 1. The second-order valence-corrected chi connectivity index (χ2v) is 5.55. The lowest BCUT2D eigenvalue weighted by atomic mass is 10.2. The van der Waals surface area contributed by atoms with E-state index in [9.17, 15) is 22.0 Å². The molecule has 0 aromatic heterocycles. The molecule has 2 N–H and O–H groups in total. The van der Waals surface area contributed by atoms with Gasteiger partial charge in [-0.05, 0) is 6.07 Å². The van der Waals surface area contributed by atoms with Gasteiger partial charge in [0.15, 0.2) is 11.6 Å². The smallest absolute Gasteiger partial charge is 0.265 e. The molecule has 0 spiro atoms. The van der Waals surface area contributed by atoms with Crippen LogP contribution >= 0.6 is 22.3 Å². The number of amides is 1. The number of rotatable bonds is 2. The van der Waals surface area contributed by atoms with Gasteiger partial charge in [0.05, 0.1) is 10.6 Å². The summed E-state index contributed by atoms with van der Waals surface area (Å²) >= 11 is 5.39. The summed E-state index contributed by atoms with van der Waals surface area (Å²) in [4.78, 5) is 9.47. The molecule has 16 heavy (non-hydrogen) atoms. The number of hydrogen-bond acceptors (Lipinski definition) is 3. The van der Waals surface area contributed by atoms with Crippen molar-refractivity contribution in [3.05, 3.63) is 28.3 Å². The first-order valence-corrected chi connectivity index (χ1v) is 6.27. The SMILES string of the molecule is NC(=O)c1cc(F)c(F)c(S(=O)(=O)Cl)c1Cl. The second kappa shape index (κ2) is 4.15. The molecule has 1 aromatic carbocycles. The zero-order valence-electron chi connectivity index (χ0n) is 7.30. The van der Waals surface area contributed by atoms with Crippen LogP contribution in [-0.2, 0) is 9.05 Å². The van der Waals surface area contributed by atoms with Gasteiger partial charge in [0.25, 0.3) is 9.05 Å². The Bertz CT molecular complexity index is 573. The van der Waals surface area contributed by atoms with Gasteiger partial charge in [-0.15, -0.1) is 0 Å². The molecule has 0 aliphatic carbocycles. The van der Waals surface area contributed by atoms with Crippen molar-refractivity contribution >= 4 is 37.2 Å². The molecule has 0 saturated carbocycles. The molecule has 0 fully saturated rings. The molecule has 9 heteroatoms. The molecular weight excluding hydrogens is 287 g/mol. The maximum absolute atomic E-state index is 13.1. The van der Waals surface area contributed by atoms with Gasteiger partial charge >= 0.3 is 0 Å². The fourth-order valence-electron chi connectivity index (χ4n) is 0.974. The minimum Gasteiger partial charge on any atom is -0.366 e. The van der Waals surface area contributed by atoms with Crippen LogP contribution in [0, 0.1) is 11.6 Å². The Morgan fingerprint density at radius 1 is 1.38 bits per heavy atom. The standard InChI is InChI=1S/C7H3Cl2F2NO3S/c8-4-2(7(12)13)1-3(10)5(11)6(4)16(9,14)15/h1H,(H2,12,13). The third kappa shape index (κ3) is 2.26. The molecule has 88 valence electrons. The summed E-state index contributed by atoms with van der Waals surface area (Å²) in [7, 11) is 0.222. The lowest BCUT2D eigenvalue weighted by molar-refractivity contribution is 0.0999. The average molecular weight is 290 g/mol. The monoisotopic (exact) mass is 289 g/mol. The quantitative estimate of drug-likeness (QED) is 0.664. The molecule has 4 nitrogen and oxygen atoms in total. The highest BCUT2D eigenvalue weighted by molar-refractivity contribution is 8.13. The highest BCUT2D eigenvalue weighted by Crippen LogP contribution is 2.32. The Morgan fingerprint density at radius 2 is 1.88 bits per heavy atom. The van der Waals surface area contributed by atoms with Crippen molar-refractivity contribution in [3.8, 4) is 0 Å². The van der Waals surface area contributed by atoms with E-state index >= 15 is 0 Å². The summed E-state index contributed by atoms with van der Waals surface area (Å²) in [5.74, 6) is -4.55. The molecule has 0 unspecified atom stereocenters. The minimum absolute atomic E-state index is 0.394. The number of carbonyl (C=O) groups is 1. The lowest BCUT2D eigenvalue weighted by Gasteiger charge is -2.06. The van der Waals surface area contributed by atoms with E-state index in [-0.39, 0.29) is 0 Å². The number of hydrogen-bond donors (Lipinski definition) is 1. The maximum Gasteiger partial charge on any atom is 0.265 e. The van der Waals surface area contributed by atoms with Crippen LogP contribution in [0.4, 0.5) is 8.78 Å². The Hall–Kier alpha value is -0.920. The van der Waals surface area contributed by atoms with Crippen molar-refractivity contribution in [2.75, 3.05) is 0 Å². The van der Waals surface area contributed by atoms with E-state index in [0.29, 0.717) is 6.07 Å². The van der Waals surface area contributed by atoms with Crippen LogP contribution in [0.15, 0.2) is 11.0 Å². The van der Waals surface area contributed by atoms with Crippen molar-refractivity contribution < 1.29 is 22.0 Å². The first kappa shape index (κ1) is 13.1. The molecular formula is C7H3Cl2F2NO3S. The van der Waals surface area contributed by atoms with Crippen molar-refractivity contribution in [1.82, 2.24) is 0 Å². The zero-order chi connectivity index (χ0) is 12.7. The van der Waals surface area contributed by atoms with Crippen LogP contribution in [0.2, 0.25) is 5.02 Å². The molecule has 0 heterocycles. The van der Waals surface area contributed by atoms with Crippen LogP contribution in [0.5, 0.6) is 0 Å². The Labute approximate surface area is 98.4 Å². The highest BCUT2D eigenvalue weighted by Gasteiger charge is 2.27. The van der Waals surface area contributed by atoms with Crippen LogP contribution in [0.3, 0.4) is 0 Å². The zero-order valence-corrected chi connectivity index (χ0v) is 9.63. The minimum atomic E-state index is -4.63. The maximum atomic E-state index is 13.1. The molecule has 1 amide bonds. The van der Waals surface area contributed by atoms with Crippen molar-refractivity contribution in [2.24, 2.45) is 5.73 Å². The predicted molar refractivity (Wildman–Crippen MR) is 52.9 cm³/mol. The normalized spacial score (nSPS) is 11.5. The van der Waals surface area contributed by atoms with Gasteiger partial charge in [0, 0.05) is 10.7 Å². The molecule has 1 rings (SSSR count). The molecule has 0 saturated heterocycles. The summed E-state index contributed by atoms with van der Waals surface area (Å²) in [5, 5.41) is -0.846. The van der Waals surface area contributed by atoms with E-state index in [0.717, 1.165) is 0 Å². The average Bonchev–Trinajstić information content (AvgIpc) is 2.08. The molecule has 0 aliphatic heterocycles. The largest absolute Gasteiger partial charge is 0.366 e. The van der Waals surface area contributed by atoms with Crippen LogP contribution in [0.25, 0.3) is 0 Å². The molecule has 0 aliphatic rings. The summed E-state index contributed by atoms with van der Waals surface area (Å²) in [5.41, 5.74) is 4.13. The molecule has 0 radical (unpaired) electrons. The highest BCUT2D eigenvalue weighted by atomic mass is 35.7. The van der Waals surface area contributed by atoms with E-state index in [2.05, 4.69) is 0 Å². The Morgan fingerprint density at radius 3 is 2.25 bits per heavy atom. The van der Waals surface area contributed by atoms with Gasteiger partial charge in [-0.3, -0.25) is 4.79 Å². The van der Waals surface area contributed by atoms with Crippen LogP contribution in [0.1, 0.15) is 10.4 Å². The lowest BCUT2D eigenvalue weighted by Crippen LogP contribution is -2.14. The van der Waals surface area contributed by atoms with Gasteiger partial charge < -0.3 is 5.73 Å². The van der Waals surface area contributed by atoms with E-state index < -0.39 is 42.1 Å². The predicted octanol–water partition coefficient (Wildman–Crippen LogP) is 1.64. The molecule has 1 aromatic rings. The first-order valence-electron chi connectivity index (χ1n) is 3.58. The van der Waals surface area contributed by atoms with Crippen molar-refractivity contribution in [1.29, 1.82) is 0 Å². The number of primary amides is 1. The van der Waals surface area contributed by atoms with Gasteiger partial charge in [0.1, 0.15) is 4.90 Å². The van der Waals surface area contributed by atoms with Gasteiger partial charge in [-0.2, -0.15) is 0 Å². The fourth-order valence-corrected chi connectivity index (χ4v) is 2.70. The van der Waals surface area contributed by atoms with Gasteiger partial charge in [0.2, 0.25) is 5.91 Å². The van der Waals surface area contributed by atoms with Gasteiger partial charge in [-0.25, -0.2) is 17.2 Å². The summed E-state index contributed by atoms with van der Waals surface area (Å²) < 4.78 is 47.9. The first-order chi connectivity index (χ1) is 7.16. The second-order valence-electron chi connectivity index (χ2n) is 2.67. The number of nitrogens with two attached hydrogens (primary N) is 1. The molecule has 0 bridgehead atoms. The van der Waals surface area contributed by atoms with Gasteiger partial charge in [-0.1, -0.05) is 11.6 Å². The Balaban J connectivity index is 3.80. The summed E-state index contributed by atoms with van der Waals surface area (Å²) in [6, 6.07) is 0.394. The van der Waals surface area contributed by atoms with E-state index in [1.165, 1.54) is 0 Å². The number of benzene rings is 1. The van der Waals surface area contributed by atoms with Crippen LogP contribution in [-0.4, -0.2) is 14.3 Å². The van der Waals surface area contributed by atoms with Crippen molar-refractivity contribution in [3.63, 3.8) is 0 Å².